The molecule has 0 aromatic heterocycles. The van der Waals surface area contributed by atoms with Crippen molar-refractivity contribution in [2.75, 3.05) is 6.61 Å². The molecule has 0 amide bonds. The topological polar surface area (TPSA) is 9.23 Å². The number of allylic oxidation sites excluding steroid dienone is 1. The van der Waals surface area contributed by atoms with Crippen LogP contribution in [0.15, 0.2) is 30.3 Å². The van der Waals surface area contributed by atoms with E-state index in [2.05, 4.69) is 6.08 Å². The fraction of sp³-hybridized carbons (Fsp3) is 0.273. The first-order valence-electron chi connectivity index (χ1n) is 4.22. The molecule has 0 saturated heterocycles. The highest BCUT2D eigenvalue weighted by molar-refractivity contribution is 5.50. The van der Waals surface area contributed by atoms with Crippen LogP contribution in [0.1, 0.15) is 19.4 Å². The molecule has 12 heavy (non-hydrogen) atoms. The van der Waals surface area contributed by atoms with E-state index >= 15 is 0 Å². The van der Waals surface area contributed by atoms with Gasteiger partial charge in [0.05, 0.1) is 6.61 Å². The number of hydrogen-bond donors (Lipinski definition) is 0. The highest BCUT2D eigenvalue weighted by atomic mass is 16.5. The van der Waals surface area contributed by atoms with E-state index in [1.165, 1.54) is 5.56 Å². The predicted octanol–water partition coefficient (Wildman–Crippen LogP) is 3.12. The third-order valence-corrected chi connectivity index (χ3v) is 1.55. The van der Waals surface area contributed by atoms with Crippen molar-refractivity contribution >= 4 is 6.08 Å². The van der Waals surface area contributed by atoms with E-state index in [1.54, 1.807) is 0 Å². The third-order valence-electron chi connectivity index (χ3n) is 1.55. The molecule has 1 rings (SSSR count). The lowest BCUT2D eigenvalue weighted by atomic mass is 10.2. The molecule has 0 fully saturated rings. The van der Waals surface area contributed by atoms with Gasteiger partial charge in [0.1, 0.15) is 5.75 Å². The van der Waals surface area contributed by atoms with E-state index < -0.39 is 0 Å². The van der Waals surface area contributed by atoms with Gasteiger partial charge >= 0.3 is 0 Å². The molecule has 1 heteroatoms. The quantitative estimate of drug-likeness (QED) is 0.663. The van der Waals surface area contributed by atoms with Gasteiger partial charge in [-0.2, -0.15) is 0 Å². The van der Waals surface area contributed by atoms with Crippen LogP contribution in [0.25, 0.3) is 6.08 Å². The van der Waals surface area contributed by atoms with Gasteiger partial charge in [0.2, 0.25) is 0 Å². The van der Waals surface area contributed by atoms with Gasteiger partial charge in [-0.25, -0.2) is 0 Å². The highest BCUT2D eigenvalue weighted by Gasteiger charge is 1.89. The molecule has 0 atom stereocenters. The maximum atomic E-state index is 5.31. The van der Waals surface area contributed by atoms with E-state index in [4.69, 9.17) is 4.74 Å². The molecule has 0 heterocycles. The van der Waals surface area contributed by atoms with Crippen molar-refractivity contribution < 1.29 is 4.74 Å². The molecule has 0 unspecified atom stereocenters. The second kappa shape index (κ2) is 4.60. The lowest BCUT2D eigenvalue weighted by Crippen LogP contribution is -1.90. The number of benzene rings is 1. The van der Waals surface area contributed by atoms with E-state index in [-0.39, 0.29) is 0 Å². The fourth-order valence-electron chi connectivity index (χ4n) is 1.03. The van der Waals surface area contributed by atoms with Gasteiger partial charge in [0.25, 0.3) is 0 Å². The van der Waals surface area contributed by atoms with Crippen LogP contribution in [0.5, 0.6) is 5.75 Å². The summed E-state index contributed by atoms with van der Waals surface area (Å²) in [6.07, 6.45) is 4.09. The van der Waals surface area contributed by atoms with Crippen molar-refractivity contribution in [2.24, 2.45) is 0 Å². The molecule has 64 valence electrons. The summed E-state index contributed by atoms with van der Waals surface area (Å²) in [5.74, 6) is 0.936. The highest BCUT2D eigenvalue weighted by Crippen LogP contribution is 2.12. The summed E-state index contributed by atoms with van der Waals surface area (Å²) in [6, 6.07) is 8.06. The average Bonchev–Trinajstić information content (AvgIpc) is 2.09. The fourth-order valence-corrected chi connectivity index (χ4v) is 1.03. The minimum atomic E-state index is 0.725. The minimum absolute atomic E-state index is 0.725. The molecule has 0 aliphatic heterocycles. The Kier molecular flexibility index (Phi) is 3.39. The number of ether oxygens (including phenoxy) is 1. The molecule has 0 N–H and O–H groups in total. The zero-order chi connectivity index (χ0) is 8.81. The van der Waals surface area contributed by atoms with Crippen molar-refractivity contribution in [3.05, 3.63) is 35.9 Å². The van der Waals surface area contributed by atoms with Crippen LogP contribution in [0.3, 0.4) is 0 Å². The van der Waals surface area contributed by atoms with E-state index in [1.807, 2.05) is 44.2 Å². The van der Waals surface area contributed by atoms with Crippen LogP contribution in [-0.2, 0) is 0 Å². The molecule has 0 saturated carbocycles. The lowest BCUT2D eigenvalue weighted by molar-refractivity contribution is 0.340. The average molecular weight is 162 g/mol. The molecule has 1 aromatic rings. The normalized spacial score (nSPS) is 10.5. The van der Waals surface area contributed by atoms with Crippen LogP contribution < -0.4 is 4.74 Å². The zero-order valence-corrected chi connectivity index (χ0v) is 7.58. The Morgan fingerprint density at radius 1 is 1.25 bits per heavy atom. The monoisotopic (exact) mass is 162 g/mol. The largest absolute Gasteiger partial charge is 0.494 e. The molecule has 0 aliphatic carbocycles. The summed E-state index contributed by atoms with van der Waals surface area (Å²) >= 11 is 0. The predicted molar refractivity (Wildman–Crippen MR) is 52.3 cm³/mol. The maximum absolute atomic E-state index is 5.31. The van der Waals surface area contributed by atoms with E-state index in [9.17, 15) is 0 Å². The minimum Gasteiger partial charge on any atom is -0.494 e. The second-order valence-electron chi connectivity index (χ2n) is 2.50. The summed E-state index contributed by atoms with van der Waals surface area (Å²) in [6.45, 7) is 4.72. The van der Waals surface area contributed by atoms with Gasteiger partial charge in [0, 0.05) is 0 Å². The van der Waals surface area contributed by atoms with Gasteiger partial charge < -0.3 is 4.74 Å². The smallest absolute Gasteiger partial charge is 0.119 e. The summed E-state index contributed by atoms with van der Waals surface area (Å²) in [4.78, 5) is 0. The first kappa shape index (κ1) is 8.85. The Labute approximate surface area is 73.7 Å². The second-order valence-corrected chi connectivity index (χ2v) is 2.50. The van der Waals surface area contributed by atoms with Gasteiger partial charge in [-0.1, -0.05) is 24.3 Å². The van der Waals surface area contributed by atoms with E-state index in [0.717, 1.165) is 12.4 Å². The van der Waals surface area contributed by atoms with E-state index in [0.29, 0.717) is 0 Å². The molecule has 0 spiro atoms. The standard InChI is InChI=1S/C11H14O/c1-3-5-10-6-8-11(9-7-10)12-4-2/h3,5-9H,4H2,1-2H3/b5-3-. The van der Waals surface area contributed by atoms with Gasteiger partial charge in [-0.05, 0) is 31.5 Å². The van der Waals surface area contributed by atoms with Gasteiger partial charge in [0.15, 0.2) is 0 Å². The zero-order valence-electron chi connectivity index (χ0n) is 7.58. The third kappa shape index (κ3) is 2.42. The Morgan fingerprint density at radius 2 is 1.92 bits per heavy atom. The van der Waals surface area contributed by atoms with Crippen molar-refractivity contribution in [3.8, 4) is 5.75 Å². The Bertz CT molecular complexity index is 246. The molecule has 0 aliphatic rings. The van der Waals surface area contributed by atoms with Crippen LogP contribution >= 0.6 is 0 Å². The van der Waals surface area contributed by atoms with Crippen molar-refractivity contribution in [2.45, 2.75) is 13.8 Å². The number of hydrogen-bond acceptors (Lipinski definition) is 1. The van der Waals surface area contributed by atoms with Crippen molar-refractivity contribution in [3.63, 3.8) is 0 Å². The van der Waals surface area contributed by atoms with Crippen LogP contribution in [0, 0.1) is 0 Å². The summed E-state index contributed by atoms with van der Waals surface area (Å²) in [7, 11) is 0. The number of rotatable bonds is 3. The van der Waals surface area contributed by atoms with Crippen LogP contribution in [-0.4, -0.2) is 6.61 Å². The van der Waals surface area contributed by atoms with Gasteiger partial charge in [-0.15, -0.1) is 0 Å². The molecule has 0 radical (unpaired) electrons. The van der Waals surface area contributed by atoms with Crippen LogP contribution in [0.2, 0.25) is 0 Å². The molecule has 0 bridgehead atoms. The molecular formula is C11H14O. The first-order chi connectivity index (χ1) is 5.86. The van der Waals surface area contributed by atoms with Crippen LogP contribution in [0.4, 0.5) is 0 Å². The summed E-state index contributed by atoms with van der Waals surface area (Å²) in [5, 5.41) is 0. The maximum Gasteiger partial charge on any atom is 0.119 e. The SMILES string of the molecule is C/C=C\c1ccc(OCC)cc1. The van der Waals surface area contributed by atoms with Crippen molar-refractivity contribution in [1.82, 2.24) is 0 Å². The molecular weight excluding hydrogens is 148 g/mol. The van der Waals surface area contributed by atoms with Gasteiger partial charge in [-0.3, -0.25) is 0 Å². The Balaban J connectivity index is 2.71. The summed E-state index contributed by atoms with van der Waals surface area (Å²) in [5.41, 5.74) is 1.21. The lowest BCUT2D eigenvalue weighted by Gasteiger charge is -2.01. The molecule has 1 nitrogen and oxygen atoms in total. The Morgan fingerprint density at radius 3 is 2.42 bits per heavy atom. The summed E-state index contributed by atoms with van der Waals surface area (Å²) < 4.78 is 5.31. The molecule has 1 aromatic carbocycles. The Hall–Kier alpha value is -1.24. The first-order valence-corrected chi connectivity index (χ1v) is 4.22. The van der Waals surface area contributed by atoms with Crippen molar-refractivity contribution in [1.29, 1.82) is 0 Å².